The molecule has 0 aromatic heterocycles. The molecule has 0 aliphatic heterocycles. The minimum absolute atomic E-state index is 0.165. The molecule has 0 radical (unpaired) electrons. The molecule has 5 nitrogen and oxygen atoms in total. The summed E-state index contributed by atoms with van der Waals surface area (Å²) in [6, 6.07) is 5.92. The number of unbranched alkanes of at least 4 members (excludes halogenated alkanes) is 1. The van der Waals surface area contributed by atoms with Crippen molar-refractivity contribution >= 4 is 11.9 Å². The molecule has 0 saturated heterocycles. The van der Waals surface area contributed by atoms with E-state index < -0.39 is 5.97 Å². The average Bonchev–Trinajstić information content (AvgIpc) is 2.37. The molecule has 2 N–H and O–H groups in total. The van der Waals surface area contributed by atoms with Crippen LogP contribution in [0.3, 0.4) is 0 Å². The number of carbonyl (C=O) groups excluding carboxylic acids is 1. The number of rotatable bonds is 7. The number of carboxylic acid groups (broad SMARTS) is 1. The van der Waals surface area contributed by atoms with Gasteiger partial charge in [-0.1, -0.05) is 0 Å². The third kappa shape index (κ3) is 5.52. The summed E-state index contributed by atoms with van der Waals surface area (Å²) < 4.78 is 0. The topological polar surface area (TPSA) is 69.6 Å². The molecule has 0 aliphatic carbocycles. The summed E-state index contributed by atoms with van der Waals surface area (Å²) in [5.41, 5.74) is 0.667. The SMILES string of the molecule is CN(C)CCCCNC(=O)c1ccc(C(=O)O)cc1. The zero-order valence-electron chi connectivity index (χ0n) is 11.3. The van der Waals surface area contributed by atoms with E-state index in [0.717, 1.165) is 19.4 Å². The second kappa shape index (κ2) is 7.53. The van der Waals surface area contributed by atoms with E-state index >= 15 is 0 Å². The van der Waals surface area contributed by atoms with Crippen LogP contribution in [0.5, 0.6) is 0 Å². The van der Waals surface area contributed by atoms with E-state index in [9.17, 15) is 9.59 Å². The van der Waals surface area contributed by atoms with Crippen LogP contribution in [-0.2, 0) is 0 Å². The summed E-state index contributed by atoms with van der Waals surface area (Å²) in [7, 11) is 4.03. The van der Waals surface area contributed by atoms with E-state index in [4.69, 9.17) is 5.11 Å². The maximum atomic E-state index is 11.8. The third-order valence-electron chi connectivity index (χ3n) is 2.71. The lowest BCUT2D eigenvalue weighted by atomic mass is 10.1. The molecule has 0 saturated carbocycles. The molecule has 0 bridgehead atoms. The highest BCUT2D eigenvalue weighted by molar-refractivity contribution is 5.95. The summed E-state index contributed by atoms with van der Waals surface area (Å²) in [5, 5.41) is 11.6. The van der Waals surface area contributed by atoms with Crippen molar-refractivity contribution in [1.29, 1.82) is 0 Å². The Morgan fingerprint density at radius 2 is 1.68 bits per heavy atom. The molecule has 0 heterocycles. The van der Waals surface area contributed by atoms with Crippen LogP contribution in [0, 0.1) is 0 Å². The van der Waals surface area contributed by atoms with Gasteiger partial charge in [0.15, 0.2) is 0 Å². The maximum absolute atomic E-state index is 11.8. The van der Waals surface area contributed by atoms with Gasteiger partial charge in [0.1, 0.15) is 0 Å². The smallest absolute Gasteiger partial charge is 0.335 e. The first-order valence-electron chi connectivity index (χ1n) is 6.27. The van der Waals surface area contributed by atoms with E-state index in [1.54, 1.807) is 0 Å². The van der Waals surface area contributed by atoms with Crippen molar-refractivity contribution in [2.75, 3.05) is 27.2 Å². The number of carboxylic acids is 1. The van der Waals surface area contributed by atoms with Gasteiger partial charge in [0.05, 0.1) is 5.56 Å². The van der Waals surface area contributed by atoms with Crippen LogP contribution >= 0.6 is 0 Å². The fourth-order valence-electron chi connectivity index (χ4n) is 1.62. The van der Waals surface area contributed by atoms with E-state index in [-0.39, 0.29) is 11.5 Å². The van der Waals surface area contributed by atoms with Crippen molar-refractivity contribution in [1.82, 2.24) is 10.2 Å². The Kier molecular flexibility index (Phi) is 6.02. The van der Waals surface area contributed by atoms with Gasteiger partial charge in [-0.05, 0) is 57.7 Å². The molecule has 104 valence electrons. The minimum atomic E-state index is -0.990. The minimum Gasteiger partial charge on any atom is -0.478 e. The van der Waals surface area contributed by atoms with Crippen LogP contribution in [0.1, 0.15) is 33.6 Å². The lowest BCUT2D eigenvalue weighted by Gasteiger charge is -2.09. The lowest BCUT2D eigenvalue weighted by molar-refractivity contribution is 0.0696. The lowest BCUT2D eigenvalue weighted by Crippen LogP contribution is -2.25. The fraction of sp³-hybridized carbons (Fsp3) is 0.429. The number of carbonyl (C=O) groups is 2. The second-order valence-corrected chi connectivity index (χ2v) is 4.65. The zero-order chi connectivity index (χ0) is 14.3. The van der Waals surface area contributed by atoms with Crippen LogP contribution in [0.25, 0.3) is 0 Å². The molecule has 1 aromatic carbocycles. The van der Waals surface area contributed by atoms with Gasteiger partial charge < -0.3 is 15.3 Å². The monoisotopic (exact) mass is 264 g/mol. The Labute approximate surface area is 113 Å². The van der Waals surface area contributed by atoms with Crippen molar-refractivity contribution in [3.05, 3.63) is 35.4 Å². The predicted octanol–water partition coefficient (Wildman–Crippen LogP) is 1.46. The highest BCUT2D eigenvalue weighted by Crippen LogP contribution is 2.04. The Morgan fingerprint density at radius 3 is 2.21 bits per heavy atom. The van der Waals surface area contributed by atoms with E-state index in [0.29, 0.717) is 12.1 Å². The summed E-state index contributed by atoms with van der Waals surface area (Å²) in [5.74, 6) is -1.16. The molecule has 1 aromatic rings. The van der Waals surface area contributed by atoms with Crippen LogP contribution < -0.4 is 5.32 Å². The molecule has 19 heavy (non-hydrogen) atoms. The van der Waals surface area contributed by atoms with Crippen molar-refractivity contribution in [2.45, 2.75) is 12.8 Å². The summed E-state index contributed by atoms with van der Waals surface area (Å²) in [6.07, 6.45) is 1.96. The number of hydrogen-bond acceptors (Lipinski definition) is 3. The van der Waals surface area contributed by atoms with Crippen LogP contribution in [-0.4, -0.2) is 49.1 Å². The van der Waals surface area contributed by atoms with E-state index in [1.165, 1.54) is 24.3 Å². The van der Waals surface area contributed by atoms with Crippen molar-refractivity contribution in [3.63, 3.8) is 0 Å². The standard InChI is InChI=1S/C14H20N2O3/c1-16(2)10-4-3-9-15-13(17)11-5-7-12(8-6-11)14(18)19/h5-8H,3-4,9-10H2,1-2H3,(H,15,17)(H,18,19). The van der Waals surface area contributed by atoms with Gasteiger partial charge in [-0.15, -0.1) is 0 Å². The average molecular weight is 264 g/mol. The molecule has 0 aliphatic rings. The Morgan fingerprint density at radius 1 is 1.11 bits per heavy atom. The molecule has 1 amide bonds. The van der Waals surface area contributed by atoms with Crippen LogP contribution in [0.15, 0.2) is 24.3 Å². The maximum Gasteiger partial charge on any atom is 0.335 e. The Hall–Kier alpha value is -1.88. The second-order valence-electron chi connectivity index (χ2n) is 4.65. The predicted molar refractivity (Wildman–Crippen MR) is 73.5 cm³/mol. The zero-order valence-corrected chi connectivity index (χ0v) is 11.3. The molecule has 0 atom stereocenters. The van der Waals surface area contributed by atoms with Gasteiger partial charge in [0.2, 0.25) is 0 Å². The largest absolute Gasteiger partial charge is 0.478 e. The summed E-state index contributed by atoms with van der Waals surface area (Å²) in [6.45, 7) is 1.64. The molecular formula is C14H20N2O3. The normalized spacial score (nSPS) is 10.5. The summed E-state index contributed by atoms with van der Waals surface area (Å²) >= 11 is 0. The molecule has 0 spiro atoms. The summed E-state index contributed by atoms with van der Waals surface area (Å²) in [4.78, 5) is 24.5. The number of hydrogen-bond donors (Lipinski definition) is 2. The van der Waals surface area contributed by atoms with Crippen molar-refractivity contribution < 1.29 is 14.7 Å². The molecule has 0 unspecified atom stereocenters. The number of amides is 1. The Balaban J connectivity index is 2.35. The van der Waals surface area contributed by atoms with E-state index in [1.807, 2.05) is 14.1 Å². The number of aromatic carboxylic acids is 1. The number of nitrogens with zero attached hydrogens (tertiary/aromatic N) is 1. The first-order chi connectivity index (χ1) is 9.00. The van der Waals surface area contributed by atoms with Crippen LogP contribution in [0.2, 0.25) is 0 Å². The third-order valence-corrected chi connectivity index (χ3v) is 2.71. The van der Waals surface area contributed by atoms with E-state index in [2.05, 4.69) is 10.2 Å². The first-order valence-corrected chi connectivity index (χ1v) is 6.27. The van der Waals surface area contributed by atoms with Gasteiger partial charge in [0.25, 0.3) is 5.91 Å². The molecule has 1 rings (SSSR count). The quantitative estimate of drug-likeness (QED) is 0.731. The number of benzene rings is 1. The Bertz CT molecular complexity index is 427. The highest BCUT2D eigenvalue weighted by Gasteiger charge is 2.07. The van der Waals surface area contributed by atoms with Crippen molar-refractivity contribution in [3.8, 4) is 0 Å². The fourth-order valence-corrected chi connectivity index (χ4v) is 1.62. The van der Waals surface area contributed by atoms with Gasteiger partial charge in [-0.2, -0.15) is 0 Å². The molecule has 0 fully saturated rings. The number of nitrogens with one attached hydrogen (secondary N) is 1. The molecular weight excluding hydrogens is 244 g/mol. The van der Waals surface area contributed by atoms with Crippen LogP contribution in [0.4, 0.5) is 0 Å². The molecule has 5 heteroatoms. The first kappa shape index (κ1) is 15.2. The van der Waals surface area contributed by atoms with Gasteiger partial charge in [-0.25, -0.2) is 4.79 Å². The highest BCUT2D eigenvalue weighted by atomic mass is 16.4. The van der Waals surface area contributed by atoms with Gasteiger partial charge >= 0.3 is 5.97 Å². The van der Waals surface area contributed by atoms with Gasteiger partial charge in [-0.3, -0.25) is 4.79 Å². The van der Waals surface area contributed by atoms with Gasteiger partial charge in [0, 0.05) is 12.1 Å². The van der Waals surface area contributed by atoms with Crippen molar-refractivity contribution in [2.24, 2.45) is 0 Å².